The van der Waals surface area contributed by atoms with Crippen molar-refractivity contribution in [3.63, 3.8) is 0 Å². The molecule has 2 heterocycles. The van der Waals surface area contributed by atoms with Crippen LogP contribution in [-0.2, 0) is 26.2 Å². The average Bonchev–Trinajstić information content (AvgIpc) is 3.55. The molecule has 282 valence electrons. The topological polar surface area (TPSA) is 119 Å². The number of sulfonamides is 1. The number of rotatable bonds is 20. The fourth-order valence-electron chi connectivity index (χ4n) is 7.68. The Bertz CT molecular complexity index is 1830. The summed E-state index contributed by atoms with van der Waals surface area (Å²) in [5.74, 6) is 0.0259. The van der Waals surface area contributed by atoms with Crippen LogP contribution in [0.4, 0.5) is 10.1 Å². The van der Waals surface area contributed by atoms with Gasteiger partial charge in [0.05, 0.1) is 34.2 Å². The third-order valence-electron chi connectivity index (χ3n) is 10.6. The number of amides is 1. The van der Waals surface area contributed by atoms with Gasteiger partial charge in [0.25, 0.3) is 5.91 Å². The van der Waals surface area contributed by atoms with Gasteiger partial charge in [0.15, 0.2) is 0 Å². The molecule has 3 aliphatic rings. The molecule has 1 N–H and O–H groups in total. The van der Waals surface area contributed by atoms with Crippen LogP contribution in [0.2, 0.25) is 10.0 Å². The van der Waals surface area contributed by atoms with E-state index in [2.05, 4.69) is 9.88 Å². The molecule has 6 rings (SSSR count). The number of fused-ring (bicyclic) bond motifs is 2. The number of nitrogens with zero attached hydrogens (tertiary/aromatic N) is 2. The fourth-order valence-corrected chi connectivity index (χ4v) is 9.34. The minimum atomic E-state index is -3.84. The van der Waals surface area contributed by atoms with Crippen molar-refractivity contribution in [2.24, 2.45) is 5.92 Å². The van der Waals surface area contributed by atoms with E-state index in [0.717, 1.165) is 94.4 Å². The van der Waals surface area contributed by atoms with E-state index in [4.69, 9.17) is 32.5 Å². The number of Topliss-reactive ketones (excluding diaryl/α,β-unsaturated/α-hetero) is 1. The molecular formula is C39H48Cl2FN3O6S. The Balaban J connectivity index is 0.954. The SMILES string of the molecule is CC(=O)CCCCCCCCCCCS(=O)(=O)NC(=O)c1ccc(N2C[C@@H]3C[C@H]2C[C@H]3OCc2c(-c3c(Cl)cccc3Cl)noc2C2CC2)c(F)c1. The largest absolute Gasteiger partial charge is 0.373 e. The molecule has 1 aliphatic heterocycles. The van der Waals surface area contributed by atoms with Crippen LogP contribution in [-0.4, -0.2) is 49.7 Å². The number of hydrogen-bond acceptors (Lipinski definition) is 8. The summed E-state index contributed by atoms with van der Waals surface area (Å²) in [4.78, 5) is 25.8. The zero-order chi connectivity index (χ0) is 36.8. The molecule has 13 heteroatoms. The van der Waals surface area contributed by atoms with Crippen molar-refractivity contribution in [3.8, 4) is 11.3 Å². The Kier molecular flexibility index (Phi) is 13.0. The molecule has 1 amide bonds. The lowest BCUT2D eigenvalue weighted by Crippen LogP contribution is -2.39. The quantitative estimate of drug-likeness (QED) is 0.113. The van der Waals surface area contributed by atoms with E-state index >= 15 is 4.39 Å². The van der Waals surface area contributed by atoms with Crippen LogP contribution >= 0.6 is 23.2 Å². The highest BCUT2D eigenvalue weighted by molar-refractivity contribution is 7.90. The van der Waals surface area contributed by atoms with Gasteiger partial charge < -0.3 is 19.0 Å². The summed E-state index contributed by atoms with van der Waals surface area (Å²) < 4.78 is 55.0. The molecule has 1 saturated heterocycles. The van der Waals surface area contributed by atoms with Crippen molar-refractivity contribution < 1.29 is 31.7 Å². The molecule has 3 aromatic rings. The van der Waals surface area contributed by atoms with Gasteiger partial charge in [-0.05, 0) is 75.8 Å². The normalized spacial score (nSPS) is 19.8. The zero-order valence-electron chi connectivity index (χ0n) is 29.7. The lowest BCUT2D eigenvalue weighted by atomic mass is 10.0. The van der Waals surface area contributed by atoms with Crippen LogP contribution in [0.15, 0.2) is 40.9 Å². The third kappa shape index (κ3) is 9.75. The van der Waals surface area contributed by atoms with Crippen LogP contribution in [0.25, 0.3) is 11.3 Å². The summed E-state index contributed by atoms with van der Waals surface area (Å²) in [6.45, 7) is 2.54. The lowest BCUT2D eigenvalue weighted by Gasteiger charge is -2.33. The minimum Gasteiger partial charge on any atom is -0.373 e. The number of ether oxygens (including phenoxy) is 1. The summed E-state index contributed by atoms with van der Waals surface area (Å²) >= 11 is 13.0. The number of aromatic nitrogens is 1. The maximum absolute atomic E-state index is 15.5. The number of carbonyl (C=O) groups is 2. The van der Waals surface area contributed by atoms with Crippen molar-refractivity contribution in [1.29, 1.82) is 0 Å². The Morgan fingerprint density at radius 1 is 0.981 bits per heavy atom. The minimum absolute atomic E-state index is 0.0227. The molecule has 0 radical (unpaired) electrons. The number of nitrogens with one attached hydrogen (secondary N) is 1. The molecule has 2 aromatic carbocycles. The van der Waals surface area contributed by atoms with Crippen LogP contribution in [0.1, 0.15) is 124 Å². The third-order valence-corrected chi connectivity index (χ3v) is 12.5. The number of piperidine rings is 1. The van der Waals surface area contributed by atoms with E-state index in [1.165, 1.54) is 6.07 Å². The maximum Gasteiger partial charge on any atom is 0.264 e. The van der Waals surface area contributed by atoms with Crippen molar-refractivity contribution >= 4 is 50.6 Å². The number of halogens is 3. The van der Waals surface area contributed by atoms with Gasteiger partial charge in [0.1, 0.15) is 23.1 Å². The molecular weight excluding hydrogens is 728 g/mol. The first-order chi connectivity index (χ1) is 25.0. The summed E-state index contributed by atoms with van der Waals surface area (Å²) in [6.07, 6.45) is 12.8. The molecule has 3 atom stereocenters. The molecule has 2 saturated carbocycles. The number of carbonyl (C=O) groups excluding carboxylic acids is 2. The second-order valence-corrected chi connectivity index (χ2v) is 17.3. The molecule has 3 fully saturated rings. The van der Waals surface area contributed by atoms with Gasteiger partial charge in [-0.25, -0.2) is 17.5 Å². The van der Waals surface area contributed by atoms with E-state index < -0.39 is 21.7 Å². The van der Waals surface area contributed by atoms with E-state index in [9.17, 15) is 18.0 Å². The van der Waals surface area contributed by atoms with Gasteiger partial charge in [-0.1, -0.05) is 79.4 Å². The van der Waals surface area contributed by atoms with Gasteiger partial charge in [-0.2, -0.15) is 0 Å². The highest BCUT2D eigenvalue weighted by atomic mass is 35.5. The maximum atomic E-state index is 15.5. The van der Waals surface area contributed by atoms with Crippen molar-refractivity contribution in [3.05, 3.63) is 69.1 Å². The van der Waals surface area contributed by atoms with Crippen molar-refractivity contribution in [2.45, 2.75) is 121 Å². The summed E-state index contributed by atoms with van der Waals surface area (Å²) in [6, 6.07) is 9.58. The van der Waals surface area contributed by atoms with Gasteiger partial charge in [-0.3, -0.25) is 4.79 Å². The van der Waals surface area contributed by atoms with Crippen LogP contribution < -0.4 is 9.62 Å². The van der Waals surface area contributed by atoms with Gasteiger partial charge in [0, 0.05) is 47.5 Å². The molecule has 2 bridgehead atoms. The first-order valence-corrected chi connectivity index (χ1v) is 21.1. The van der Waals surface area contributed by atoms with Crippen molar-refractivity contribution in [2.75, 3.05) is 17.2 Å². The Labute approximate surface area is 316 Å². The fraction of sp³-hybridized carbons (Fsp3) is 0.564. The predicted molar refractivity (Wildman–Crippen MR) is 201 cm³/mol. The molecule has 2 aliphatic carbocycles. The zero-order valence-corrected chi connectivity index (χ0v) is 32.0. The molecule has 1 aromatic heterocycles. The highest BCUT2D eigenvalue weighted by Crippen LogP contribution is 2.47. The number of anilines is 1. The number of hydrogen-bond donors (Lipinski definition) is 1. The Hall–Kier alpha value is -2.99. The van der Waals surface area contributed by atoms with Crippen molar-refractivity contribution in [1.82, 2.24) is 9.88 Å². The smallest absolute Gasteiger partial charge is 0.264 e. The lowest BCUT2D eigenvalue weighted by molar-refractivity contribution is -0.117. The molecule has 52 heavy (non-hydrogen) atoms. The summed E-state index contributed by atoms with van der Waals surface area (Å²) in [5, 5.41) is 5.35. The monoisotopic (exact) mass is 775 g/mol. The second-order valence-electron chi connectivity index (χ2n) is 14.7. The van der Waals surface area contributed by atoms with Gasteiger partial charge in [0.2, 0.25) is 10.0 Å². The van der Waals surface area contributed by atoms with E-state index in [0.29, 0.717) is 58.9 Å². The first kappa shape index (κ1) is 38.7. The Morgan fingerprint density at radius 2 is 1.65 bits per heavy atom. The standard InChI is InChI=1S/C39H48Cl2FN3O6S/c1-25(46)12-9-7-5-3-2-4-6-8-10-19-52(48,49)44-39(47)27-17-18-34(33(42)21-27)45-23-28-20-29(45)22-35(28)50-24-30-37(43-51-38(30)26-15-16-26)36-31(40)13-11-14-32(36)41/h11,13-14,17-18,21,26,28-29,35H,2-10,12,15-16,19-20,22-24H2,1H3,(H,44,47)/t28-,29-,35+/m0/s1. The second kappa shape index (κ2) is 17.4. The van der Waals surface area contributed by atoms with Gasteiger partial charge >= 0.3 is 0 Å². The van der Waals surface area contributed by atoms with E-state index in [1.807, 2.05) is 4.90 Å². The molecule has 0 unspecified atom stereocenters. The summed E-state index contributed by atoms with van der Waals surface area (Å²) in [5.41, 5.74) is 2.48. The predicted octanol–water partition coefficient (Wildman–Crippen LogP) is 9.40. The van der Waals surface area contributed by atoms with Crippen LogP contribution in [0.5, 0.6) is 0 Å². The summed E-state index contributed by atoms with van der Waals surface area (Å²) in [7, 11) is -3.84. The van der Waals surface area contributed by atoms with Crippen LogP contribution in [0.3, 0.4) is 0 Å². The first-order valence-electron chi connectivity index (χ1n) is 18.7. The highest BCUT2D eigenvalue weighted by Gasteiger charge is 2.46. The number of unbranched alkanes of at least 4 members (excludes halogenated alkanes) is 8. The Morgan fingerprint density at radius 3 is 2.27 bits per heavy atom. The van der Waals surface area contributed by atoms with E-state index in [1.54, 1.807) is 31.2 Å². The van der Waals surface area contributed by atoms with Gasteiger partial charge in [-0.15, -0.1) is 0 Å². The number of ketones is 1. The molecule has 0 spiro atoms. The average molecular weight is 777 g/mol. The van der Waals surface area contributed by atoms with E-state index in [-0.39, 0.29) is 35.2 Å². The number of benzene rings is 2. The molecule has 9 nitrogen and oxygen atoms in total. The van der Waals surface area contributed by atoms with Crippen LogP contribution in [0, 0.1) is 11.7 Å².